The van der Waals surface area contributed by atoms with Crippen LogP contribution < -0.4 is 10.2 Å². The van der Waals surface area contributed by atoms with E-state index in [2.05, 4.69) is 10.6 Å². The highest BCUT2D eigenvalue weighted by Gasteiger charge is 2.49. The van der Waals surface area contributed by atoms with Gasteiger partial charge in [0.25, 0.3) is 11.8 Å². The van der Waals surface area contributed by atoms with Gasteiger partial charge in [0, 0.05) is 5.56 Å². The molecule has 1 saturated heterocycles. The summed E-state index contributed by atoms with van der Waals surface area (Å²) in [5, 5.41) is 13.2. The number of para-hydroxylation sites is 1. The van der Waals surface area contributed by atoms with Gasteiger partial charge < -0.3 is 9.84 Å². The van der Waals surface area contributed by atoms with Gasteiger partial charge in [-0.25, -0.2) is 5.01 Å². The molecule has 1 aliphatic heterocycles. The third-order valence-corrected chi connectivity index (χ3v) is 5.36. The van der Waals surface area contributed by atoms with E-state index in [1.54, 1.807) is 37.3 Å². The molecule has 2 aromatic rings. The standard InChI is InChI=1S/C21H22ClN3O5/c1-11(2)14-9-15(24-29)12(3)8-17(14)30-10-18(27)23-25-20(19(22)21(25)28)13-6-4-5-7-16(13)26/h4-9,11,19-20,26H,10H2,1-3H3,(H,23,27). The largest absolute Gasteiger partial charge is 0.508 e. The first-order chi connectivity index (χ1) is 14.2. The summed E-state index contributed by atoms with van der Waals surface area (Å²) in [6, 6.07) is 9.10. The quantitative estimate of drug-likeness (QED) is 0.393. The molecule has 0 aromatic heterocycles. The summed E-state index contributed by atoms with van der Waals surface area (Å²) in [7, 11) is 0. The lowest BCUT2D eigenvalue weighted by Crippen LogP contribution is -2.63. The van der Waals surface area contributed by atoms with Crippen molar-refractivity contribution in [3.63, 3.8) is 0 Å². The van der Waals surface area contributed by atoms with E-state index < -0.39 is 23.2 Å². The molecule has 158 valence electrons. The van der Waals surface area contributed by atoms with Crippen LogP contribution in [-0.2, 0) is 9.59 Å². The number of phenolic OH excluding ortho intramolecular Hbond substituents is 1. The van der Waals surface area contributed by atoms with Gasteiger partial charge in [-0.15, -0.1) is 16.5 Å². The molecule has 3 rings (SSSR count). The number of aromatic hydroxyl groups is 1. The number of hydrogen-bond acceptors (Lipinski definition) is 6. The fourth-order valence-corrected chi connectivity index (χ4v) is 3.64. The summed E-state index contributed by atoms with van der Waals surface area (Å²) in [5.41, 5.74) is 4.62. The van der Waals surface area contributed by atoms with Gasteiger partial charge in [-0.2, -0.15) is 0 Å². The molecular weight excluding hydrogens is 410 g/mol. The number of phenols is 1. The van der Waals surface area contributed by atoms with Crippen molar-refractivity contribution in [2.75, 3.05) is 6.61 Å². The van der Waals surface area contributed by atoms with Crippen molar-refractivity contribution in [3.8, 4) is 11.5 Å². The number of rotatable bonds is 7. The van der Waals surface area contributed by atoms with E-state index in [9.17, 15) is 19.6 Å². The maximum Gasteiger partial charge on any atom is 0.276 e. The monoisotopic (exact) mass is 431 g/mol. The van der Waals surface area contributed by atoms with Crippen molar-refractivity contribution in [1.29, 1.82) is 0 Å². The number of hydrazine groups is 1. The SMILES string of the molecule is Cc1cc(OCC(=O)NN2C(=O)C(Cl)C2c2ccccc2O)c(C(C)C)cc1N=O. The number of nitrogens with one attached hydrogen (secondary N) is 1. The summed E-state index contributed by atoms with van der Waals surface area (Å²) in [4.78, 5) is 35.5. The molecule has 0 saturated carbocycles. The second kappa shape index (κ2) is 8.71. The number of nitrogens with zero attached hydrogens (tertiary/aromatic N) is 2. The number of carbonyl (C=O) groups is 2. The first-order valence-electron chi connectivity index (χ1n) is 9.39. The summed E-state index contributed by atoms with van der Waals surface area (Å²) in [6.07, 6.45) is 0. The smallest absolute Gasteiger partial charge is 0.276 e. The first kappa shape index (κ1) is 21.6. The normalized spacial score (nSPS) is 18.2. The summed E-state index contributed by atoms with van der Waals surface area (Å²) in [5.74, 6) is -0.538. The molecule has 9 heteroatoms. The molecule has 8 nitrogen and oxygen atoms in total. The van der Waals surface area contributed by atoms with Crippen LogP contribution in [0.25, 0.3) is 0 Å². The molecule has 2 atom stereocenters. The Morgan fingerprint density at radius 3 is 2.67 bits per heavy atom. The molecule has 0 radical (unpaired) electrons. The molecule has 30 heavy (non-hydrogen) atoms. The molecular formula is C21H22ClN3O5. The Bertz CT molecular complexity index is 995. The molecule has 0 aliphatic carbocycles. The van der Waals surface area contributed by atoms with E-state index in [4.69, 9.17) is 16.3 Å². The molecule has 2 unspecified atom stereocenters. The average molecular weight is 432 g/mol. The fraction of sp³-hybridized carbons (Fsp3) is 0.333. The number of ether oxygens (including phenoxy) is 1. The third-order valence-electron chi connectivity index (χ3n) is 4.94. The zero-order valence-corrected chi connectivity index (χ0v) is 17.5. The van der Waals surface area contributed by atoms with Crippen LogP contribution in [0.15, 0.2) is 41.6 Å². The second-order valence-corrected chi connectivity index (χ2v) is 7.83. The summed E-state index contributed by atoms with van der Waals surface area (Å²) >= 11 is 6.11. The lowest BCUT2D eigenvalue weighted by Gasteiger charge is -2.43. The highest BCUT2D eigenvalue weighted by Crippen LogP contribution is 2.40. The van der Waals surface area contributed by atoms with Crippen LogP contribution in [0, 0.1) is 11.8 Å². The maximum absolute atomic E-state index is 12.4. The van der Waals surface area contributed by atoms with Crippen molar-refractivity contribution >= 4 is 29.1 Å². The van der Waals surface area contributed by atoms with Crippen LogP contribution in [0.3, 0.4) is 0 Å². The molecule has 2 amide bonds. The van der Waals surface area contributed by atoms with Crippen LogP contribution in [0.2, 0.25) is 0 Å². The lowest BCUT2D eigenvalue weighted by atomic mass is 9.94. The minimum absolute atomic E-state index is 0.0166. The van der Waals surface area contributed by atoms with E-state index in [1.165, 1.54) is 6.07 Å². The van der Waals surface area contributed by atoms with Crippen LogP contribution in [-0.4, -0.2) is 33.9 Å². The Morgan fingerprint density at radius 1 is 1.33 bits per heavy atom. The van der Waals surface area contributed by atoms with Crippen LogP contribution in [0.1, 0.15) is 42.5 Å². The zero-order valence-electron chi connectivity index (χ0n) is 16.8. The van der Waals surface area contributed by atoms with E-state index in [1.807, 2.05) is 13.8 Å². The highest BCUT2D eigenvalue weighted by atomic mass is 35.5. The minimum Gasteiger partial charge on any atom is -0.508 e. The van der Waals surface area contributed by atoms with E-state index in [0.29, 0.717) is 22.6 Å². The summed E-state index contributed by atoms with van der Waals surface area (Å²) < 4.78 is 5.66. The number of benzene rings is 2. The highest BCUT2D eigenvalue weighted by molar-refractivity contribution is 6.33. The van der Waals surface area contributed by atoms with Crippen molar-refractivity contribution in [1.82, 2.24) is 10.4 Å². The molecule has 2 aromatic carbocycles. The van der Waals surface area contributed by atoms with Crippen LogP contribution in [0.5, 0.6) is 11.5 Å². The van der Waals surface area contributed by atoms with Gasteiger partial charge in [-0.3, -0.25) is 15.0 Å². The number of nitroso groups, excluding NO2 is 1. The number of hydrogen-bond donors (Lipinski definition) is 2. The lowest BCUT2D eigenvalue weighted by molar-refractivity contribution is -0.157. The van der Waals surface area contributed by atoms with E-state index in [0.717, 1.165) is 10.6 Å². The van der Waals surface area contributed by atoms with Gasteiger partial charge in [0.1, 0.15) is 28.6 Å². The zero-order chi connectivity index (χ0) is 22.0. The molecule has 1 heterocycles. The Kier molecular flexibility index (Phi) is 6.26. The van der Waals surface area contributed by atoms with Gasteiger partial charge in [-0.1, -0.05) is 32.0 Å². The Morgan fingerprint density at radius 2 is 2.03 bits per heavy atom. The van der Waals surface area contributed by atoms with E-state index >= 15 is 0 Å². The molecule has 1 fully saturated rings. The third kappa shape index (κ3) is 4.09. The van der Waals surface area contributed by atoms with Crippen molar-refractivity contribution in [2.24, 2.45) is 5.18 Å². The number of alkyl halides is 1. The topological polar surface area (TPSA) is 108 Å². The number of halogens is 1. The molecule has 0 spiro atoms. The first-order valence-corrected chi connectivity index (χ1v) is 9.83. The van der Waals surface area contributed by atoms with Crippen molar-refractivity contribution in [3.05, 3.63) is 58.0 Å². The summed E-state index contributed by atoms with van der Waals surface area (Å²) in [6.45, 7) is 5.24. The molecule has 0 bridgehead atoms. The molecule has 2 N–H and O–H groups in total. The van der Waals surface area contributed by atoms with Gasteiger partial charge in [-0.05, 0) is 47.3 Å². The van der Waals surface area contributed by atoms with Gasteiger partial charge in [0.2, 0.25) is 0 Å². The van der Waals surface area contributed by atoms with Crippen LogP contribution in [0.4, 0.5) is 5.69 Å². The minimum atomic E-state index is -0.891. The van der Waals surface area contributed by atoms with Gasteiger partial charge >= 0.3 is 0 Å². The van der Waals surface area contributed by atoms with Gasteiger partial charge in [0.05, 0.1) is 0 Å². The van der Waals surface area contributed by atoms with Crippen molar-refractivity contribution < 1.29 is 19.4 Å². The van der Waals surface area contributed by atoms with Gasteiger partial charge in [0.15, 0.2) is 6.61 Å². The number of β-lactam (4-membered cyclic amide) rings is 1. The Labute approximate surface area is 178 Å². The predicted octanol–water partition coefficient (Wildman–Crippen LogP) is 3.82. The number of aryl methyl sites for hydroxylation is 1. The number of amides is 2. The molecule has 1 aliphatic rings. The van der Waals surface area contributed by atoms with E-state index in [-0.39, 0.29) is 18.3 Å². The fourth-order valence-electron chi connectivity index (χ4n) is 3.28. The Balaban J connectivity index is 1.70. The van der Waals surface area contributed by atoms with Crippen molar-refractivity contribution in [2.45, 2.75) is 38.1 Å². The maximum atomic E-state index is 12.4. The average Bonchev–Trinajstić information content (AvgIpc) is 2.72. The predicted molar refractivity (Wildman–Crippen MR) is 112 cm³/mol. The number of carbonyl (C=O) groups excluding carboxylic acids is 2. The second-order valence-electron chi connectivity index (χ2n) is 7.36. The Hall–Kier alpha value is -3.13. The van der Waals surface area contributed by atoms with Crippen LogP contribution >= 0.6 is 11.6 Å².